The number of nitrogens with zero attached hydrogens (tertiary/aromatic N) is 5. The van der Waals surface area contributed by atoms with Gasteiger partial charge < -0.3 is 9.64 Å². The van der Waals surface area contributed by atoms with Crippen LogP contribution in [-0.2, 0) is 11.3 Å². The summed E-state index contributed by atoms with van der Waals surface area (Å²) in [4.78, 5) is 36.8. The number of imidazole rings is 1. The van der Waals surface area contributed by atoms with Crippen LogP contribution in [0.2, 0.25) is 0 Å². The molecule has 1 N–H and O–H groups in total. The lowest BCUT2D eigenvalue weighted by molar-refractivity contribution is 0.0752. The summed E-state index contributed by atoms with van der Waals surface area (Å²) in [5.41, 5.74) is 2.36. The van der Waals surface area contributed by atoms with Crippen molar-refractivity contribution in [3.63, 3.8) is 0 Å². The first kappa shape index (κ1) is 22.4. The van der Waals surface area contributed by atoms with E-state index in [1.807, 2.05) is 22.5 Å². The smallest absolute Gasteiger partial charge is 0.258 e. The fourth-order valence-corrected chi connectivity index (χ4v) is 3.83. The number of aryl methyl sites for hydroxylation is 1. The third-order valence-electron chi connectivity index (χ3n) is 5.63. The van der Waals surface area contributed by atoms with Gasteiger partial charge in [-0.25, -0.2) is 9.97 Å². The van der Waals surface area contributed by atoms with Crippen LogP contribution < -0.4 is 5.32 Å². The third kappa shape index (κ3) is 4.86. The summed E-state index contributed by atoms with van der Waals surface area (Å²) in [6.07, 6.45) is 4.34. The van der Waals surface area contributed by atoms with Gasteiger partial charge in [0, 0.05) is 44.6 Å². The van der Waals surface area contributed by atoms with Crippen LogP contribution >= 0.6 is 0 Å². The number of hydrogen-bond acceptors (Lipinski definition) is 6. The molecule has 2 aromatic heterocycles. The van der Waals surface area contributed by atoms with Gasteiger partial charge in [0.15, 0.2) is 5.65 Å². The van der Waals surface area contributed by atoms with Gasteiger partial charge in [-0.05, 0) is 50.5 Å². The molecule has 1 aliphatic rings. The van der Waals surface area contributed by atoms with Crippen molar-refractivity contribution in [1.82, 2.24) is 19.4 Å². The summed E-state index contributed by atoms with van der Waals surface area (Å²) in [5, 5.41) is 11.9. The van der Waals surface area contributed by atoms with Crippen LogP contribution in [0.1, 0.15) is 52.5 Å². The molecule has 4 rings (SSSR count). The van der Waals surface area contributed by atoms with Crippen LogP contribution in [0.3, 0.4) is 0 Å². The number of amides is 2. The predicted octanol–water partition coefficient (Wildman–Crippen LogP) is 3.22. The predicted molar refractivity (Wildman–Crippen MR) is 123 cm³/mol. The molecule has 3 aromatic rings. The number of benzene rings is 1. The molecule has 0 bridgehead atoms. The fraction of sp³-hybridized carbons (Fsp3) is 0.375. The topological polar surface area (TPSA) is 113 Å². The normalized spacial score (nSPS) is 13.0. The Morgan fingerprint density at radius 1 is 1.30 bits per heavy atom. The van der Waals surface area contributed by atoms with E-state index in [1.54, 1.807) is 37.6 Å². The minimum atomic E-state index is -0.377. The van der Waals surface area contributed by atoms with Crippen molar-refractivity contribution < 1.29 is 14.3 Å². The molecule has 170 valence electrons. The van der Waals surface area contributed by atoms with Gasteiger partial charge in [0.25, 0.3) is 11.8 Å². The summed E-state index contributed by atoms with van der Waals surface area (Å²) in [7, 11) is 1.63. The first-order valence-electron chi connectivity index (χ1n) is 11.0. The van der Waals surface area contributed by atoms with Gasteiger partial charge in [-0.3, -0.25) is 19.5 Å². The van der Waals surface area contributed by atoms with Gasteiger partial charge in [0.2, 0.25) is 5.95 Å². The number of nitrogens with one attached hydrogen (secondary N) is 1. The molecule has 0 atom stereocenters. The van der Waals surface area contributed by atoms with Crippen LogP contribution in [0, 0.1) is 11.3 Å². The highest BCUT2D eigenvalue weighted by Crippen LogP contribution is 2.28. The summed E-state index contributed by atoms with van der Waals surface area (Å²) in [6.45, 7) is 3.69. The first-order chi connectivity index (χ1) is 16.0. The molecule has 2 heterocycles. The van der Waals surface area contributed by atoms with Crippen molar-refractivity contribution in [3.8, 4) is 6.07 Å². The molecule has 9 nitrogen and oxygen atoms in total. The number of methoxy groups -OCH3 is 1. The second kappa shape index (κ2) is 9.79. The Morgan fingerprint density at radius 3 is 2.82 bits per heavy atom. The van der Waals surface area contributed by atoms with E-state index in [1.165, 1.54) is 6.07 Å². The monoisotopic (exact) mass is 446 g/mol. The Bertz CT molecular complexity index is 1220. The Balaban J connectivity index is 1.66. The van der Waals surface area contributed by atoms with Gasteiger partial charge in [-0.2, -0.15) is 5.26 Å². The number of nitriles is 1. The van der Waals surface area contributed by atoms with Crippen molar-refractivity contribution in [2.45, 2.75) is 38.8 Å². The largest absolute Gasteiger partial charge is 0.385 e. The average Bonchev–Trinajstić information content (AvgIpc) is 3.61. The number of rotatable bonds is 9. The Hall–Kier alpha value is -3.77. The quantitative estimate of drug-likeness (QED) is 0.505. The van der Waals surface area contributed by atoms with Crippen LogP contribution in [0.25, 0.3) is 11.2 Å². The van der Waals surface area contributed by atoms with E-state index in [2.05, 4.69) is 15.3 Å². The third-order valence-corrected chi connectivity index (χ3v) is 5.63. The number of carbonyl (C=O) groups is 2. The van der Waals surface area contributed by atoms with Gasteiger partial charge in [-0.1, -0.05) is 6.07 Å². The second-order valence-electron chi connectivity index (χ2n) is 7.97. The number of aromatic nitrogens is 3. The molecule has 33 heavy (non-hydrogen) atoms. The van der Waals surface area contributed by atoms with E-state index in [0.29, 0.717) is 66.0 Å². The number of pyridine rings is 1. The maximum atomic E-state index is 13.0. The SMILES string of the molecule is CCN(C(=O)c1cnc2c(c1)nc(NC(=O)c1cccc(C#N)c1)n2CCCOC)C1CC1. The average molecular weight is 447 g/mol. The Kier molecular flexibility index (Phi) is 6.66. The zero-order valence-corrected chi connectivity index (χ0v) is 18.7. The standard InChI is InChI=1S/C24H26N6O3/c1-3-29(19-8-9-19)23(32)18-13-20-21(26-15-18)30(10-5-11-33-2)24(27-20)28-22(31)17-7-4-6-16(12-17)14-25/h4,6-7,12-13,15,19H,3,5,8-11H2,1-2H3,(H,27,28,31). The van der Waals surface area contributed by atoms with E-state index in [0.717, 1.165) is 12.8 Å². The van der Waals surface area contributed by atoms with Crippen molar-refractivity contribution in [3.05, 3.63) is 53.2 Å². The number of hydrogen-bond donors (Lipinski definition) is 1. The maximum Gasteiger partial charge on any atom is 0.258 e. The molecule has 9 heteroatoms. The lowest BCUT2D eigenvalue weighted by Gasteiger charge is -2.20. The second-order valence-corrected chi connectivity index (χ2v) is 7.97. The highest BCUT2D eigenvalue weighted by molar-refractivity contribution is 6.04. The van der Waals surface area contributed by atoms with Crippen LogP contribution in [0.5, 0.6) is 0 Å². The number of carbonyl (C=O) groups excluding carboxylic acids is 2. The summed E-state index contributed by atoms with van der Waals surface area (Å²) < 4.78 is 6.98. The zero-order valence-electron chi connectivity index (χ0n) is 18.7. The molecular formula is C24H26N6O3. The van der Waals surface area contributed by atoms with E-state index < -0.39 is 0 Å². The fourth-order valence-electron chi connectivity index (χ4n) is 3.83. The molecule has 0 radical (unpaired) electrons. The maximum absolute atomic E-state index is 13.0. The minimum absolute atomic E-state index is 0.0535. The molecule has 1 saturated carbocycles. The van der Waals surface area contributed by atoms with Crippen LogP contribution in [0.4, 0.5) is 5.95 Å². The molecular weight excluding hydrogens is 420 g/mol. The summed E-state index contributed by atoms with van der Waals surface area (Å²) >= 11 is 0. The number of ether oxygens (including phenoxy) is 1. The molecule has 0 spiro atoms. The lowest BCUT2D eigenvalue weighted by Crippen LogP contribution is -2.32. The van der Waals surface area contributed by atoms with Gasteiger partial charge in [-0.15, -0.1) is 0 Å². The van der Waals surface area contributed by atoms with Crippen molar-refractivity contribution >= 4 is 28.9 Å². The van der Waals surface area contributed by atoms with Gasteiger partial charge in [0.1, 0.15) is 5.52 Å². The minimum Gasteiger partial charge on any atom is -0.385 e. The highest BCUT2D eigenvalue weighted by atomic mass is 16.5. The molecule has 0 aliphatic heterocycles. The Labute approximate surface area is 192 Å². The van der Waals surface area contributed by atoms with Crippen LogP contribution in [-0.4, -0.2) is 57.6 Å². The summed E-state index contributed by atoms with van der Waals surface area (Å²) in [5.74, 6) is -0.0973. The summed E-state index contributed by atoms with van der Waals surface area (Å²) in [6, 6.07) is 10.5. The Morgan fingerprint density at radius 2 is 2.12 bits per heavy atom. The molecule has 1 aliphatic carbocycles. The number of anilines is 1. The van der Waals surface area contributed by atoms with Crippen molar-refractivity contribution in [2.24, 2.45) is 0 Å². The van der Waals surface area contributed by atoms with E-state index >= 15 is 0 Å². The van der Waals surface area contributed by atoms with Crippen molar-refractivity contribution in [1.29, 1.82) is 5.26 Å². The van der Waals surface area contributed by atoms with Crippen molar-refractivity contribution in [2.75, 3.05) is 25.6 Å². The molecule has 2 amide bonds. The van der Waals surface area contributed by atoms with Crippen LogP contribution in [0.15, 0.2) is 36.5 Å². The highest BCUT2D eigenvalue weighted by Gasteiger charge is 2.32. The first-order valence-corrected chi connectivity index (χ1v) is 11.0. The zero-order chi connectivity index (χ0) is 23.4. The van der Waals surface area contributed by atoms with Gasteiger partial charge in [0.05, 0.1) is 17.2 Å². The lowest BCUT2D eigenvalue weighted by atomic mass is 10.1. The molecule has 1 aromatic carbocycles. The van der Waals surface area contributed by atoms with E-state index in [-0.39, 0.29) is 11.8 Å². The number of fused-ring (bicyclic) bond motifs is 1. The molecule has 0 saturated heterocycles. The molecule has 1 fully saturated rings. The van der Waals surface area contributed by atoms with Gasteiger partial charge >= 0.3 is 0 Å². The van der Waals surface area contributed by atoms with E-state index in [4.69, 9.17) is 10.00 Å². The van der Waals surface area contributed by atoms with E-state index in [9.17, 15) is 9.59 Å². The molecule has 0 unspecified atom stereocenters.